The van der Waals surface area contributed by atoms with Gasteiger partial charge in [0.2, 0.25) is 0 Å². The van der Waals surface area contributed by atoms with Crippen LogP contribution in [0.5, 0.6) is 0 Å². The third-order valence-corrected chi connectivity index (χ3v) is 11.9. The Balaban J connectivity index is 1.22. The summed E-state index contributed by atoms with van der Waals surface area (Å²) in [5, 5.41) is 7.27. The van der Waals surface area contributed by atoms with Gasteiger partial charge in [-0.1, -0.05) is 166 Å². The second-order valence-electron chi connectivity index (χ2n) is 15.3. The van der Waals surface area contributed by atoms with Crippen molar-refractivity contribution in [3.05, 3.63) is 199 Å². The van der Waals surface area contributed by atoms with Gasteiger partial charge in [-0.05, 0) is 96.9 Å². The highest BCUT2D eigenvalue weighted by Crippen LogP contribution is 2.55. The van der Waals surface area contributed by atoms with Crippen LogP contribution in [0.1, 0.15) is 25.0 Å². The molecule has 0 bridgehead atoms. The smallest absolute Gasteiger partial charge is 0.159 e. The Labute approximate surface area is 320 Å². The second-order valence-corrected chi connectivity index (χ2v) is 15.3. The summed E-state index contributed by atoms with van der Waals surface area (Å²) in [6.45, 7) is 4.76. The highest BCUT2D eigenvalue weighted by atomic mass is 16.3. The number of anilines is 3. The zero-order chi connectivity index (χ0) is 36.7. The van der Waals surface area contributed by atoms with Gasteiger partial charge in [0.15, 0.2) is 5.58 Å². The Kier molecular flexibility index (Phi) is 6.93. The molecule has 2 nitrogen and oxygen atoms in total. The van der Waals surface area contributed by atoms with E-state index in [1.54, 1.807) is 0 Å². The first kappa shape index (κ1) is 31.6. The molecule has 1 heterocycles. The van der Waals surface area contributed by atoms with Crippen molar-refractivity contribution in [2.75, 3.05) is 4.90 Å². The highest BCUT2D eigenvalue weighted by molar-refractivity contribution is 6.14. The third-order valence-electron chi connectivity index (χ3n) is 11.9. The normalized spacial score (nSPS) is 13.1. The summed E-state index contributed by atoms with van der Waals surface area (Å²) >= 11 is 0. The molecular weight excluding hydrogens is 667 g/mol. The zero-order valence-corrected chi connectivity index (χ0v) is 30.8. The van der Waals surface area contributed by atoms with Crippen molar-refractivity contribution in [2.45, 2.75) is 19.3 Å². The molecule has 0 N–H and O–H groups in total. The fraction of sp³-hybridized carbons (Fsp3) is 0.0566. The molecule has 11 rings (SSSR count). The van der Waals surface area contributed by atoms with E-state index in [-0.39, 0.29) is 5.41 Å². The molecule has 2 heteroatoms. The quantitative estimate of drug-likeness (QED) is 0.177. The summed E-state index contributed by atoms with van der Waals surface area (Å²) in [5.41, 5.74) is 14.7. The standard InChI is InChI=1S/C53H37NO/c1-53(2)45-31-27-38(41-20-10-16-36-15-6-7-18-40(36)41)33-44(45)51-47(32-28-37-17-11-22-46(53)50(37)51)54(39-29-25-35(26-30-39)34-13-4-3-5-14-34)48-23-12-21-43-42-19-8-9-24-49(42)55-52(43)48/h3-33H,1-2H3. The van der Waals surface area contributed by atoms with Gasteiger partial charge in [0.05, 0.1) is 11.4 Å². The van der Waals surface area contributed by atoms with E-state index in [1.165, 1.54) is 66.1 Å². The maximum absolute atomic E-state index is 6.78. The first-order valence-electron chi connectivity index (χ1n) is 19.1. The average molecular weight is 704 g/mol. The van der Waals surface area contributed by atoms with Crippen LogP contribution in [0.15, 0.2) is 192 Å². The lowest BCUT2D eigenvalue weighted by Crippen LogP contribution is -2.24. The van der Waals surface area contributed by atoms with E-state index in [4.69, 9.17) is 4.42 Å². The summed E-state index contributed by atoms with van der Waals surface area (Å²) in [6, 6.07) is 68.4. The maximum atomic E-state index is 6.78. The SMILES string of the molecule is CC1(C)c2ccc(-c3cccc4ccccc34)cc2-c2c(N(c3ccc(-c4ccccc4)cc3)c3cccc4c3oc3ccccc34)ccc3cccc1c23. The van der Waals surface area contributed by atoms with Gasteiger partial charge in [-0.15, -0.1) is 0 Å². The Morgan fingerprint density at radius 2 is 1.11 bits per heavy atom. The summed E-state index contributed by atoms with van der Waals surface area (Å²) in [4.78, 5) is 2.43. The van der Waals surface area contributed by atoms with Crippen LogP contribution >= 0.6 is 0 Å². The van der Waals surface area contributed by atoms with Crippen LogP contribution in [0.4, 0.5) is 17.1 Å². The molecule has 1 aliphatic carbocycles. The van der Waals surface area contributed by atoms with Crippen LogP contribution in [-0.2, 0) is 5.41 Å². The molecule has 0 saturated carbocycles. The number of rotatable bonds is 5. The molecule has 1 aliphatic rings. The van der Waals surface area contributed by atoms with Crippen LogP contribution in [-0.4, -0.2) is 0 Å². The number of benzene rings is 9. The Hall–Kier alpha value is -6.90. The fourth-order valence-electron chi connectivity index (χ4n) is 9.18. The topological polar surface area (TPSA) is 16.4 Å². The Bertz CT molecular complexity index is 3110. The van der Waals surface area contributed by atoms with Crippen molar-refractivity contribution in [1.82, 2.24) is 0 Å². The van der Waals surface area contributed by atoms with E-state index < -0.39 is 0 Å². The highest BCUT2D eigenvalue weighted by Gasteiger charge is 2.36. The lowest BCUT2D eigenvalue weighted by molar-refractivity contribution is 0.645. The largest absolute Gasteiger partial charge is 0.454 e. The summed E-state index contributed by atoms with van der Waals surface area (Å²) in [7, 11) is 0. The molecule has 10 aromatic rings. The van der Waals surface area contributed by atoms with Crippen LogP contribution in [0.25, 0.3) is 76.9 Å². The van der Waals surface area contributed by atoms with E-state index >= 15 is 0 Å². The summed E-state index contributed by atoms with van der Waals surface area (Å²) in [5.74, 6) is 0. The van der Waals surface area contributed by atoms with E-state index in [0.717, 1.165) is 39.0 Å². The monoisotopic (exact) mass is 703 g/mol. The van der Waals surface area contributed by atoms with Crippen molar-refractivity contribution < 1.29 is 4.42 Å². The Morgan fingerprint density at radius 3 is 1.98 bits per heavy atom. The van der Waals surface area contributed by atoms with Gasteiger partial charge in [-0.3, -0.25) is 0 Å². The molecule has 1 aromatic heterocycles. The molecule has 0 saturated heterocycles. The molecule has 9 aromatic carbocycles. The molecule has 55 heavy (non-hydrogen) atoms. The molecule has 0 fully saturated rings. The van der Waals surface area contributed by atoms with Crippen molar-refractivity contribution in [2.24, 2.45) is 0 Å². The van der Waals surface area contributed by atoms with E-state index in [0.29, 0.717) is 0 Å². The number of hydrogen-bond donors (Lipinski definition) is 0. The zero-order valence-electron chi connectivity index (χ0n) is 30.8. The molecule has 0 radical (unpaired) electrons. The molecule has 0 unspecified atom stereocenters. The molecule has 260 valence electrons. The minimum absolute atomic E-state index is 0.210. The minimum Gasteiger partial charge on any atom is -0.454 e. The van der Waals surface area contributed by atoms with Gasteiger partial charge < -0.3 is 9.32 Å². The number of hydrogen-bond acceptors (Lipinski definition) is 2. The van der Waals surface area contributed by atoms with Crippen molar-refractivity contribution >= 4 is 60.5 Å². The average Bonchev–Trinajstić information content (AvgIpc) is 3.63. The molecular formula is C53H37NO. The van der Waals surface area contributed by atoms with Gasteiger partial charge in [0.1, 0.15) is 5.58 Å². The number of nitrogens with zero attached hydrogens (tertiary/aromatic N) is 1. The van der Waals surface area contributed by atoms with Gasteiger partial charge in [-0.2, -0.15) is 0 Å². The lowest BCUT2D eigenvalue weighted by Gasteiger charge is -2.38. The molecule has 0 amide bonds. The summed E-state index contributed by atoms with van der Waals surface area (Å²) < 4.78 is 6.78. The fourth-order valence-corrected chi connectivity index (χ4v) is 9.18. The number of fused-ring (bicyclic) bond motifs is 6. The van der Waals surface area contributed by atoms with E-state index in [9.17, 15) is 0 Å². The minimum atomic E-state index is -0.210. The number of para-hydroxylation sites is 2. The van der Waals surface area contributed by atoms with Gasteiger partial charge in [0.25, 0.3) is 0 Å². The van der Waals surface area contributed by atoms with Gasteiger partial charge in [-0.25, -0.2) is 0 Å². The number of furan rings is 1. The summed E-state index contributed by atoms with van der Waals surface area (Å²) in [6.07, 6.45) is 0. The second kappa shape index (κ2) is 12.1. The molecule has 0 aliphatic heterocycles. The van der Waals surface area contributed by atoms with Gasteiger partial charge >= 0.3 is 0 Å². The lowest BCUT2D eigenvalue weighted by atomic mass is 9.67. The maximum Gasteiger partial charge on any atom is 0.159 e. The predicted octanol–water partition coefficient (Wildman–Crippen LogP) is 15.0. The van der Waals surface area contributed by atoms with Crippen LogP contribution < -0.4 is 4.90 Å². The Morgan fingerprint density at radius 1 is 0.436 bits per heavy atom. The molecule has 0 spiro atoms. The molecule has 0 atom stereocenters. The third kappa shape index (κ3) is 4.81. The first-order valence-corrected chi connectivity index (χ1v) is 19.1. The predicted molar refractivity (Wildman–Crippen MR) is 232 cm³/mol. The first-order chi connectivity index (χ1) is 27.0. The van der Waals surface area contributed by atoms with Crippen LogP contribution in [0.3, 0.4) is 0 Å². The van der Waals surface area contributed by atoms with Gasteiger partial charge in [0, 0.05) is 27.4 Å². The van der Waals surface area contributed by atoms with Crippen molar-refractivity contribution in [3.63, 3.8) is 0 Å². The van der Waals surface area contributed by atoms with Crippen LogP contribution in [0, 0.1) is 0 Å². The van der Waals surface area contributed by atoms with E-state index in [2.05, 4.69) is 201 Å². The van der Waals surface area contributed by atoms with Crippen molar-refractivity contribution in [1.29, 1.82) is 0 Å². The van der Waals surface area contributed by atoms with E-state index in [1.807, 2.05) is 6.07 Å². The van der Waals surface area contributed by atoms with Crippen LogP contribution in [0.2, 0.25) is 0 Å². The van der Waals surface area contributed by atoms with Crippen molar-refractivity contribution in [3.8, 4) is 33.4 Å².